The van der Waals surface area contributed by atoms with Gasteiger partial charge in [-0.2, -0.15) is 13.2 Å². The maximum Gasteiger partial charge on any atom is 0.416 e. The summed E-state index contributed by atoms with van der Waals surface area (Å²) < 4.78 is 45.3. The number of piperidine rings is 1. The van der Waals surface area contributed by atoms with E-state index in [0.717, 1.165) is 24.1 Å². The zero-order valence-electron chi connectivity index (χ0n) is 17.7. The molecule has 168 valence electrons. The third-order valence-electron chi connectivity index (χ3n) is 5.58. The maximum atomic E-state index is 13.1. The molecule has 3 rings (SSSR count). The fourth-order valence-electron chi connectivity index (χ4n) is 3.97. The van der Waals surface area contributed by atoms with Crippen LogP contribution in [0.3, 0.4) is 0 Å². The lowest BCUT2D eigenvalue weighted by Gasteiger charge is -2.41. The molecule has 5 nitrogen and oxygen atoms in total. The molecule has 0 aliphatic carbocycles. The summed E-state index contributed by atoms with van der Waals surface area (Å²) in [4.78, 5) is 11.6. The molecule has 1 aliphatic rings. The van der Waals surface area contributed by atoms with Crippen molar-refractivity contribution in [1.82, 2.24) is 16.0 Å². The lowest BCUT2D eigenvalue weighted by Crippen LogP contribution is -2.57. The highest BCUT2D eigenvalue weighted by atomic mass is 19.4. The van der Waals surface area contributed by atoms with Gasteiger partial charge in [0.2, 0.25) is 0 Å². The van der Waals surface area contributed by atoms with Gasteiger partial charge in [0.15, 0.2) is 0 Å². The van der Waals surface area contributed by atoms with Crippen molar-refractivity contribution in [3.8, 4) is 0 Å². The second-order valence-electron chi connectivity index (χ2n) is 7.99. The Labute approximate surface area is 180 Å². The number of ether oxygens (including phenoxy) is 1. The van der Waals surface area contributed by atoms with Crippen molar-refractivity contribution in [2.24, 2.45) is 0 Å². The van der Waals surface area contributed by atoms with Gasteiger partial charge >= 0.3 is 12.2 Å². The van der Waals surface area contributed by atoms with Crippen LogP contribution in [-0.4, -0.2) is 32.3 Å². The first-order valence-electron chi connectivity index (χ1n) is 10.3. The number of aryl methyl sites for hydroxylation is 1. The number of nitrogens with one attached hydrogen (secondary N) is 3. The minimum atomic E-state index is -4.39. The molecule has 1 fully saturated rings. The molecule has 0 saturated carbocycles. The molecule has 1 heterocycles. The molecule has 8 heteroatoms. The highest BCUT2D eigenvalue weighted by Crippen LogP contribution is 2.33. The second kappa shape index (κ2) is 9.70. The summed E-state index contributed by atoms with van der Waals surface area (Å²) >= 11 is 0. The van der Waals surface area contributed by atoms with Crippen LogP contribution in [0, 0.1) is 6.92 Å². The first kappa shape index (κ1) is 23.1. The summed E-state index contributed by atoms with van der Waals surface area (Å²) in [5, 5.41) is 8.97. The molecule has 0 unspecified atom stereocenters. The van der Waals surface area contributed by atoms with Gasteiger partial charge in [0.25, 0.3) is 0 Å². The van der Waals surface area contributed by atoms with E-state index >= 15 is 0 Å². The third-order valence-corrected chi connectivity index (χ3v) is 5.58. The Balaban J connectivity index is 1.70. The molecule has 31 heavy (non-hydrogen) atoms. The molecule has 0 bridgehead atoms. The minimum Gasteiger partial charge on any atom is -0.374 e. The Morgan fingerprint density at radius 1 is 1.23 bits per heavy atom. The molecule has 2 aromatic carbocycles. The maximum absolute atomic E-state index is 13.1. The zero-order valence-corrected chi connectivity index (χ0v) is 17.7. The number of carbonyl (C=O) groups excluding carboxylic acids is 1. The third kappa shape index (κ3) is 5.98. The Morgan fingerprint density at radius 2 is 1.97 bits per heavy atom. The van der Waals surface area contributed by atoms with Gasteiger partial charge in [0.1, 0.15) is 0 Å². The van der Waals surface area contributed by atoms with Crippen LogP contribution in [-0.2, 0) is 23.1 Å². The first-order valence-corrected chi connectivity index (χ1v) is 10.3. The molecular formula is C23H28F3N3O2. The molecule has 2 amide bonds. The van der Waals surface area contributed by atoms with Crippen LogP contribution < -0.4 is 16.0 Å². The number of carbonyl (C=O) groups is 1. The summed E-state index contributed by atoms with van der Waals surface area (Å²) in [6, 6.07) is 13.6. The number of urea groups is 1. The molecule has 0 aromatic heterocycles. The van der Waals surface area contributed by atoms with E-state index in [2.05, 4.69) is 16.0 Å². The largest absolute Gasteiger partial charge is 0.416 e. The SMILES string of the molecule is CNC(=O)N[C@H]1CC[C@@](COCc2cc(C)cc(C(F)(F)F)c2)(c2ccccc2)NC1. The number of hydrogen-bond acceptors (Lipinski definition) is 3. The fourth-order valence-corrected chi connectivity index (χ4v) is 3.97. The van der Waals surface area contributed by atoms with E-state index in [1.807, 2.05) is 30.3 Å². The number of halogens is 3. The molecule has 2 atom stereocenters. The zero-order chi connectivity index (χ0) is 22.5. The number of benzene rings is 2. The van der Waals surface area contributed by atoms with Crippen LogP contribution in [0.2, 0.25) is 0 Å². The van der Waals surface area contributed by atoms with Crippen LogP contribution >= 0.6 is 0 Å². The molecule has 2 aromatic rings. The Bertz CT molecular complexity index is 879. The lowest BCUT2D eigenvalue weighted by atomic mass is 9.81. The summed E-state index contributed by atoms with van der Waals surface area (Å²) in [5.74, 6) is 0. The highest BCUT2D eigenvalue weighted by molar-refractivity contribution is 5.73. The Kier molecular flexibility index (Phi) is 7.23. The lowest BCUT2D eigenvalue weighted by molar-refractivity contribution is -0.137. The average molecular weight is 435 g/mol. The quantitative estimate of drug-likeness (QED) is 0.640. The smallest absolute Gasteiger partial charge is 0.374 e. The summed E-state index contributed by atoms with van der Waals surface area (Å²) in [5.41, 5.74) is 0.950. The van der Waals surface area contributed by atoms with E-state index in [1.54, 1.807) is 20.0 Å². The number of amides is 2. The van der Waals surface area contributed by atoms with E-state index < -0.39 is 17.3 Å². The van der Waals surface area contributed by atoms with Gasteiger partial charge in [-0.3, -0.25) is 0 Å². The minimum absolute atomic E-state index is 0.0112. The topological polar surface area (TPSA) is 62.4 Å². The Morgan fingerprint density at radius 3 is 2.58 bits per heavy atom. The van der Waals surface area contributed by atoms with Gasteiger partial charge in [-0.1, -0.05) is 42.0 Å². The van der Waals surface area contributed by atoms with E-state index in [-0.39, 0.29) is 18.7 Å². The van der Waals surface area contributed by atoms with E-state index in [9.17, 15) is 18.0 Å². The predicted octanol–water partition coefficient (Wildman–Crippen LogP) is 4.11. The van der Waals surface area contributed by atoms with Crippen LogP contribution in [0.1, 0.15) is 35.1 Å². The highest BCUT2D eigenvalue weighted by Gasteiger charge is 2.37. The van der Waals surface area contributed by atoms with Gasteiger partial charge in [-0.05, 0) is 43.0 Å². The summed E-state index contributed by atoms with van der Waals surface area (Å²) in [6.45, 7) is 2.60. The normalized spacial score (nSPS) is 21.5. The fraction of sp³-hybridized carbons (Fsp3) is 0.435. The number of hydrogen-bond donors (Lipinski definition) is 3. The van der Waals surface area contributed by atoms with Crippen molar-refractivity contribution >= 4 is 6.03 Å². The van der Waals surface area contributed by atoms with E-state index in [1.165, 1.54) is 0 Å². The van der Waals surface area contributed by atoms with Crippen LogP contribution in [0.15, 0.2) is 48.5 Å². The van der Waals surface area contributed by atoms with Crippen molar-refractivity contribution in [3.05, 3.63) is 70.8 Å². The van der Waals surface area contributed by atoms with Gasteiger partial charge in [-0.15, -0.1) is 0 Å². The molecule has 0 radical (unpaired) electrons. The van der Waals surface area contributed by atoms with Crippen LogP contribution in [0.25, 0.3) is 0 Å². The number of rotatable bonds is 6. The first-order chi connectivity index (χ1) is 14.7. The van der Waals surface area contributed by atoms with Crippen molar-refractivity contribution < 1.29 is 22.7 Å². The molecule has 1 saturated heterocycles. The van der Waals surface area contributed by atoms with Gasteiger partial charge in [0.05, 0.1) is 24.3 Å². The standard InChI is InChI=1S/C23H28F3N3O2/c1-16-10-17(12-19(11-16)23(24,25)26)14-31-15-22(18-6-4-3-5-7-18)9-8-20(13-28-22)29-21(30)27-2/h3-7,10-12,20,28H,8-9,13-15H2,1-2H3,(H2,27,29,30)/t20-,22+/m0/s1. The van der Waals surface area contributed by atoms with E-state index in [0.29, 0.717) is 30.7 Å². The van der Waals surface area contributed by atoms with Crippen molar-refractivity contribution in [3.63, 3.8) is 0 Å². The summed E-state index contributed by atoms with van der Waals surface area (Å²) in [7, 11) is 1.57. The Hall–Kier alpha value is -2.58. The van der Waals surface area contributed by atoms with E-state index in [4.69, 9.17) is 4.74 Å². The van der Waals surface area contributed by atoms with Crippen LogP contribution in [0.4, 0.5) is 18.0 Å². The second-order valence-corrected chi connectivity index (χ2v) is 7.99. The van der Waals surface area contributed by atoms with Crippen molar-refractivity contribution in [2.45, 2.75) is 44.1 Å². The van der Waals surface area contributed by atoms with Gasteiger partial charge < -0.3 is 20.7 Å². The molecular weight excluding hydrogens is 407 g/mol. The molecule has 0 spiro atoms. The number of alkyl halides is 3. The van der Waals surface area contributed by atoms with Gasteiger partial charge in [0, 0.05) is 19.6 Å². The predicted molar refractivity (Wildman–Crippen MR) is 113 cm³/mol. The average Bonchev–Trinajstić information content (AvgIpc) is 2.74. The van der Waals surface area contributed by atoms with Gasteiger partial charge in [-0.25, -0.2) is 4.79 Å². The molecule has 1 aliphatic heterocycles. The van der Waals surface area contributed by atoms with Crippen molar-refractivity contribution in [2.75, 3.05) is 20.2 Å². The van der Waals surface area contributed by atoms with Crippen molar-refractivity contribution in [1.29, 1.82) is 0 Å². The monoisotopic (exact) mass is 435 g/mol. The molecule has 3 N–H and O–H groups in total. The summed E-state index contributed by atoms with van der Waals surface area (Å²) in [6.07, 6.45) is -2.92. The van der Waals surface area contributed by atoms with Crippen LogP contribution in [0.5, 0.6) is 0 Å².